The first-order valence-electron chi connectivity index (χ1n) is 13.0. The summed E-state index contributed by atoms with van der Waals surface area (Å²) in [6, 6.07) is 7.82. The number of aromatic nitrogens is 4. The van der Waals surface area contributed by atoms with Gasteiger partial charge in [-0.2, -0.15) is 4.98 Å². The Labute approximate surface area is 252 Å². The lowest BCUT2D eigenvalue weighted by molar-refractivity contribution is 0.114. The van der Waals surface area contributed by atoms with Crippen molar-refractivity contribution in [2.75, 3.05) is 32.9 Å². The number of methoxy groups -OCH3 is 2. The molecular formula is C27H26F2N5O10P. The molecule has 2 aromatic carbocycles. The van der Waals surface area contributed by atoms with Crippen molar-refractivity contribution >= 4 is 24.7 Å². The highest BCUT2D eigenvalue weighted by atomic mass is 31.2. The molecule has 0 spiro atoms. The number of nitrogens with one attached hydrogen (secondary N) is 1. The minimum absolute atomic E-state index is 0.00395. The van der Waals surface area contributed by atoms with Crippen LogP contribution in [0.4, 0.5) is 14.7 Å². The van der Waals surface area contributed by atoms with E-state index in [-0.39, 0.29) is 65.5 Å². The van der Waals surface area contributed by atoms with E-state index in [0.29, 0.717) is 5.56 Å². The standard InChI is InChI=1S/C27H26F2N5O10P/c1-38-19-5-3-15(9-17(19)28)11-41-45(37,14-40-8-7-34-13-31-22-24(34)32-26(30)33-25(22)35)42-12-21-23(44-27(36)43-21)16-4-6-20(39-2)18(29)10-16/h3-6,9-10,13H,7-8,11-12,14H2,1-2H3,(H3,30,32,33,35). The van der Waals surface area contributed by atoms with Crippen molar-refractivity contribution in [3.8, 4) is 22.8 Å². The molecule has 45 heavy (non-hydrogen) atoms. The van der Waals surface area contributed by atoms with Gasteiger partial charge in [0.05, 0.1) is 33.8 Å². The van der Waals surface area contributed by atoms with Gasteiger partial charge in [0.15, 0.2) is 45.8 Å². The summed E-state index contributed by atoms with van der Waals surface area (Å²) in [5.74, 6) is -3.01. The van der Waals surface area contributed by atoms with Gasteiger partial charge in [-0.1, -0.05) is 6.07 Å². The molecule has 0 bridgehead atoms. The number of rotatable bonds is 14. The molecule has 0 amide bonds. The average molecular weight is 650 g/mol. The number of H-pyrrole nitrogens is 1. The van der Waals surface area contributed by atoms with Gasteiger partial charge in [-0.05, 0) is 35.9 Å². The summed E-state index contributed by atoms with van der Waals surface area (Å²) in [6.07, 6.45) is 0.772. The molecule has 0 aliphatic carbocycles. The number of hydrogen-bond acceptors (Lipinski definition) is 13. The first-order chi connectivity index (χ1) is 21.6. The van der Waals surface area contributed by atoms with Gasteiger partial charge in [0, 0.05) is 12.1 Å². The molecule has 0 saturated heterocycles. The van der Waals surface area contributed by atoms with Gasteiger partial charge in [0.25, 0.3) is 5.56 Å². The van der Waals surface area contributed by atoms with E-state index < -0.39 is 43.6 Å². The summed E-state index contributed by atoms with van der Waals surface area (Å²) < 4.78 is 80.6. The van der Waals surface area contributed by atoms with E-state index in [1.54, 1.807) is 0 Å². The Kier molecular flexibility index (Phi) is 9.43. The van der Waals surface area contributed by atoms with Crippen LogP contribution in [0.15, 0.2) is 61.1 Å². The average Bonchev–Trinajstić information content (AvgIpc) is 3.60. The number of fused-ring (bicyclic) bond motifs is 1. The van der Waals surface area contributed by atoms with E-state index in [1.165, 1.54) is 49.4 Å². The van der Waals surface area contributed by atoms with Crippen molar-refractivity contribution < 1.29 is 45.4 Å². The third kappa shape index (κ3) is 7.29. The van der Waals surface area contributed by atoms with E-state index in [0.717, 1.165) is 12.1 Å². The zero-order valence-corrected chi connectivity index (χ0v) is 24.7. The van der Waals surface area contributed by atoms with Crippen molar-refractivity contribution in [2.45, 2.75) is 19.8 Å². The number of halogens is 2. The third-order valence-corrected chi connectivity index (χ3v) is 7.86. The molecule has 0 aliphatic rings. The molecule has 0 fully saturated rings. The number of nitrogens with zero attached hydrogens (tertiary/aromatic N) is 3. The molecule has 3 heterocycles. The SMILES string of the molecule is COc1ccc(COP(=O)(COCCn2cnc3c(=O)[nH]c(N)nc32)OCc2oc(=O)oc2-c2ccc(OC)c(F)c2)cc1F. The number of aromatic amines is 1. The zero-order valence-electron chi connectivity index (χ0n) is 23.8. The van der Waals surface area contributed by atoms with E-state index in [1.807, 2.05) is 0 Å². The second kappa shape index (κ2) is 13.4. The Bertz CT molecular complexity index is 1990. The molecule has 15 nitrogen and oxygen atoms in total. The smallest absolute Gasteiger partial charge is 0.494 e. The van der Waals surface area contributed by atoms with Crippen molar-refractivity contribution in [2.24, 2.45) is 0 Å². The van der Waals surface area contributed by atoms with Crippen LogP contribution >= 0.6 is 7.60 Å². The normalized spacial score (nSPS) is 12.8. The number of nitrogens with two attached hydrogens (primary N) is 1. The van der Waals surface area contributed by atoms with Crippen molar-refractivity contribution in [1.29, 1.82) is 0 Å². The van der Waals surface area contributed by atoms with Crippen LogP contribution in [0.3, 0.4) is 0 Å². The van der Waals surface area contributed by atoms with Gasteiger partial charge in [0.2, 0.25) is 5.95 Å². The predicted octanol–water partition coefficient (Wildman–Crippen LogP) is 3.81. The summed E-state index contributed by atoms with van der Waals surface area (Å²) in [6.45, 7) is -0.902. The molecule has 1 atom stereocenters. The number of anilines is 1. The minimum atomic E-state index is -4.17. The molecule has 3 aromatic heterocycles. The number of imidazole rings is 1. The van der Waals surface area contributed by atoms with Crippen LogP contribution in [0.1, 0.15) is 11.3 Å². The van der Waals surface area contributed by atoms with E-state index in [9.17, 15) is 22.9 Å². The Hall–Kier alpha value is -4.83. The lowest BCUT2D eigenvalue weighted by atomic mass is 10.1. The summed E-state index contributed by atoms with van der Waals surface area (Å²) >= 11 is 0. The second-order valence-corrected chi connectivity index (χ2v) is 11.3. The summed E-state index contributed by atoms with van der Waals surface area (Å²) in [5.41, 5.74) is 5.83. The number of hydrogen-bond donors (Lipinski definition) is 2. The highest BCUT2D eigenvalue weighted by Crippen LogP contribution is 2.50. The lowest BCUT2D eigenvalue weighted by Crippen LogP contribution is -2.13. The lowest BCUT2D eigenvalue weighted by Gasteiger charge is -2.19. The molecular weight excluding hydrogens is 623 g/mol. The zero-order chi connectivity index (χ0) is 32.1. The van der Waals surface area contributed by atoms with E-state index >= 15 is 0 Å². The van der Waals surface area contributed by atoms with Crippen LogP contribution < -0.4 is 26.6 Å². The van der Waals surface area contributed by atoms with Crippen LogP contribution in [0.2, 0.25) is 0 Å². The maximum absolute atomic E-state index is 14.3. The third-order valence-electron chi connectivity index (χ3n) is 6.31. The fraction of sp³-hybridized carbons (Fsp3) is 0.259. The van der Waals surface area contributed by atoms with Crippen LogP contribution in [0.25, 0.3) is 22.5 Å². The summed E-state index contributed by atoms with van der Waals surface area (Å²) in [7, 11) is -1.56. The highest BCUT2D eigenvalue weighted by Gasteiger charge is 2.28. The van der Waals surface area contributed by atoms with Crippen LogP contribution in [-0.2, 0) is 38.1 Å². The second-order valence-electron chi connectivity index (χ2n) is 9.28. The molecule has 5 aromatic rings. The highest BCUT2D eigenvalue weighted by molar-refractivity contribution is 7.53. The van der Waals surface area contributed by atoms with Crippen molar-refractivity contribution in [1.82, 2.24) is 19.5 Å². The van der Waals surface area contributed by atoms with Gasteiger partial charge >= 0.3 is 13.4 Å². The van der Waals surface area contributed by atoms with Crippen LogP contribution in [-0.4, -0.2) is 46.7 Å². The Morgan fingerprint density at radius 1 is 1.00 bits per heavy atom. The van der Waals surface area contributed by atoms with Crippen LogP contribution in [0, 0.1) is 11.6 Å². The van der Waals surface area contributed by atoms with Crippen molar-refractivity contribution in [3.05, 3.63) is 86.7 Å². The molecule has 3 N–H and O–H groups in total. The van der Waals surface area contributed by atoms with E-state index in [4.69, 9.17) is 37.8 Å². The number of nitrogen functional groups attached to an aromatic ring is 1. The fourth-order valence-electron chi connectivity index (χ4n) is 4.15. The first-order valence-corrected chi connectivity index (χ1v) is 14.8. The van der Waals surface area contributed by atoms with Gasteiger partial charge in [-0.3, -0.25) is 18.9 Å². The van der Waals surface area contributed by atoms with Crippen molar-refractivity contribution in [3.63, 3.8) is 0 Å². The van der Waals surface area contributed by atoms with Gasteiger partial charge in [-0.15, -0.1) is 0 Å². The number of benzene rings is 2. The quantitative estimate of drug-likeness (QED) is 0.130. The molecule has 18 heteroatoms. The Morgan fingerprint density at radius 3 is 2.42 bits per heavy atom. The van der Waals surface area contributed by atoms with E-state index in [2.05, 4.69) is 15.0 Å². The summed E-state index contributed by atoms with van der Waals surface area (Å²) in [4.78, 5) is 34.4. The molecule has 238 valence electrons. The first kappa shape index (κ1) is 31.6. The fourth-order valence-corrected chi connectivity index (χ4v) is 5.38. The van der Waals surface area contributed by atoms with Gasteiger partial charge < -0.3 is 37.9 Å². The maximum Gasteiger partial charge on any atom is 0.519 e. The minimum Gasteiger partial charge on any atom is -0.494 e. The molecule has 1 unspecified atom stereocenters. The molecule has 5 rings (SSSR count). The monoisotopic (exact) mass is 649 g/mol. The number of ether oxygens (including phenoxy) is 3. The Balaban J connectivity index is 1.32. The largest absolute Gasteiger partial charge is 0.519 e. The molecule has 0 aliphatic heterocycles. The molecule has 0 saturated carbocycles. The maximum atomic E-state index is 14.3. The topological polar surface area (TPSA) is 196 Å². The Morgan fingerprint density at radius 2 is 1.71 bits per heavy atom. The van der Waals surface area contributed by atoms with Gasteiger partial charge in [0.1, 0.15) is 13.0 Å². The molecule has 0 radical (unpaired) electrons. The van der Waals surface area contributed by atoms with Crippen LogP contribution in [0.5, 0.6) is 11.5 Å². The summed E-state index contributed by atoms with van der Waals surface area (Å²) in [5, 5.41) is 0. The van der Waals surface area contributed by atoms with Gasteiger partial charge in [-0.25, -0.2) is 18.6 Å². The predicted molar refractivity (Wildman–Crippen MR) is 153 cm³/mol.